The lowest BCUT2D eigenvalue weighted by atomic mass is 10.2. The second-order valence-electron chi connectivity index (χ2n) is 3.58. The summed E-state index contributed by atoms with van der Waals surface area (Å²) in [6.07, 6.45) is 1.58. The molecule has 0 saturated carbocycles. The van der Waals surface area contributed by atoms with E-state index in [9.17, 15) is 4.79 Å². The molecule has 0 aromatic carbocycles. The number of hydrogen-bond acceptors (Lipinski definition) is 6. The third-order valence-corrected chi connectivity index (χ3v) is 5.50. The zero-order valence-electron chi connectivity index (χ0n) is 10.1. The standard InChI is InChI=1S/C9H20O4S2Si/c1-5-9(14,15)7-6-8(10)13-16(4,11-2)12-3/h14-15H,5-7H2,1-4H3. The van der Waals surface area contributed by atoms with Crippen molar-refractivity contribution in [2.75, 3.05) is 14.2 Å². The Morgan fingerprint density at radius 2 is 1.81 bits per heavy atom. The highest BCUT2D eigenvalue weighted by Crippen LogP contribution is 2.29. The van der Waals surface area contributed by atoms with Crippen LogP contribution in [0.3, 0.4) is 0 Å². The van der Waals surface area contributed by atoms with Crippen molar-refractivity contribution in [2.24, 2.45) is 0 Å². The zero-order chi connectivity index (χ0) is 12.8. The molecule has 0 atom stereocenters. The first kappa shape index (κ1) is 16.3. The number of carbonyl (C=O) groups is 1. The summed E-state index contributed by atoms with van der Waals surface area (Å²) in [5.74, 6) is -0.334. The molecule has 0 fully saturated rings. The van der Waals surface area contributed by atoms with Crippen LogP contribution < -0.4 is 0 Å². The van der Waals surface area contributed by atoms with Gasteiger partial charge in [0.25, 0.3) is 5.97 Å². The van der Waals surface area contributed by atoms with Gasteiger partial charge in [0, 0.05) is 27.2 Å². The van der Waals surface area contributed by atoms with E-state index >= 15 is 0 Å². The van der Waals surface area contributed by atoms with Crippen molar-refractivity contribution in [1.82, 2.24) is 0 Å². The van der Waals surface area contributed by atoms with Gasteiger partial charge in [0.15, 0.2) is 0 Å². The Morgan fingerprint density at radius 1 is 1.31 bits per heavy atom. The Bertz CT molecular complexity index is 232. The summed E-state index contributed by atoms with van der Waals surface area (Å²) in [6.45, 7) is 3.63. The quantitative estimate of drug-likeness (QED) is 0.427. The molecular weight excluding hydrogens is 264 g/mol. The van der Waals surface area contributed by atoms with Crippen LogP contribution in [-0.4, -0.2) is 33.1 Å². The topological polar surface area (TPSA) is 44.8 Å². The predicted molar refractivity (Wildman–Crippen MR) is 72.0 cm³/mol. The van der Waals surface area contributed by atoms with Crippen LogP contribution in [0.4, 0.5) is 0 Å². The monoisotopic (exact) mass is 284 g/mol. The largest absolute Gasteiger partial charge is 0.564 e. The van der Waals surface area contributed by atoms with Crippen molar-refractivity contribution in [3.63, 3.8) is 0 Å². The molecule has 0 N–H and O–H groups in total. The van der Waals surface area contributed by atoms with E-state index < -0.39 is 12.9 Å². The fraction of sp³-hybridized carbons (Fsp3) is 0.889. The smallest absolute Gasteiger partial charge is 0.473 e. The molecule has 0 rings (SSSR count). The maximum absolute atomic E-state index is 11.5. The number of carbonyl (C=O) groups excluding carboxylic acids is 1. The Hall–Kier alpha value is 0.307. The Morgan fingerprint density at radius 3 is 2.19 bits per heavy atom. The van der Waals surface area contributed by atoms with Gasteiger partial charge in [-0.05, 0) is 12.8 Å². The van der Waals surface area contributed by atoms with Crippen molar-refractivity contribution in [2.45, 2.75) is 36.8 Å². The van der Waals surface area contributed by atoms with Gasteiger partial charge in [0.05, 0.1) is 4.08 Å². The van der Waals surface area contributed by atoms with Crippen LogP contribution in [0.15, 0.2) is 0 Å². The van der Waals surface area contributed by atoms with Crippen molar-refractivity contribution in [3.8, 4) is 0 Å². The minimum absolute atomic E-state index is 0.260. The Labute approximate surface area is 109 Å². The lowest BCUT2D eigenvalue weighted by molar-refractivity contribution is -0.138. The fourth-order valence-corrected chi connectivity index (χ4v) is 1.98. The summed E-state index contributed by atoms with van der Waals surface area (Å²) in [4.78, 5) is 11.5. The van der Waals surface area contributed by atoms with Gasteiger partial charge < -0.3 is 13.3 Å². The van der Waals surface area contributed by atoms with Crippen molar-refractivity contribution < 1.29 is 18.1 Å². The van der Waals surface area contributed by atoms with E-state index in [4.69, 9.17) is 13.3 Å². The van der Waals surface area contributed by atoms with Gasteiger partial charge in [0.1, 0.15) is 0 Å². The van der Waals surface area contributed by atoms with Gasteiger partial charge in [-0.1, -0.05) is 6.92 Å². The third-order valence-electron chi connectivity index (χ3n) is 2.34. The highest BCUT2D eigenvalue weighted by Gasteiger charge is 2.36. The van der Waals surface area contributed by atoms with Crippen LogP contribution >= 0.6 is 25.3 Å². The minimum Gasteiger partial charge on any atom is -0.473 e. The van der Waals surface area contributed by atoms with Gasteiger partial charge >= 0.3 is 8.80 Å². The van der Waals surface area contributed by atoms with Crippen molar-refractivity contribution >= 4 is 40.0 Å². The highest BCUT2D eigenvalue weighted by molar-refractivity contribution is 8.00. The molecule has 96 valence electrons. The van der Waals surface area contributed by atoms with Gasteiger partial charge in [-0.2, -0.15) is 25.3 Å². The van der Waals surface area contributed by atoms with E-state index in [0.717, 1.165) is 6.42 Å². The maximum atomic E-state index is 11.5. The van der Waals surface area contributed by atoms with E-state index in [2.05, 4.69) is 25.3 Å². The van der Waals surface area contributed by atoms with Crippen LogP contribution in [0.25, 0.3) is 0 Å². The van der Waals surface area contributed by atoms with Crippen LogP contribution in [0.2, 0.25) is 6.55 Å². The molecule has 0 amide bonds. The fourth-order valence-electron chi connectivity index (χ4n) is 0.904. The Kier molecular flexibility index (Phi) is 7.03. The van der Waals surface area contributed by atoms with Crippen LogP contribution in [0.1, 0.15) is 26.2 Å². The molecule has 0 saturated heterocycles. The molecule has 4 nitrogen and oxygen atoms in total. The molecule has 0 aliphatic heterocycles. The van der Waals surface area contributed by atoms with Gasteiger partial charge in [0.2, 0.25) is 0 Å². The molecule has 0 radical (unpaired) electrons. The maximum Gasteiger partial charge on any atom is 0.564 e. The number of hydrogen-bond donors (Lipinski definition) is 2. The second-order valence-corrected chi connectivity index (χ2v) is 8.39. The van der Waals surface area contributed by atoms with Gasteiger partial charge in [-0.25, -0.2) is 0 Å². The first-order valence-corrected chi connectivity index (χ1v) is 8.17. The molecule has 0 spiro atoms. The van der Waals surface area contributed by atoms with Gasteiger partial charge in [-0.15, -0.1) is 0 Å². The number of rotatable bonds is 7. The normalized spacial score (nSPS) is 12.6. The van der Waals surface area contributed by atoms with E-state index in [-0.39, 0.29) is 12.4 Å². The molecule has 0 unspecified atom stereocenters. The second kappa shape index (κ2) is 6.90. The molecule has 0 bridgehead atoms. The SMILES string of the molecule is CCC(S)(S)CCC(=O)O[Si](C)(OC)OC. The molecule has 7 heteroatoms. The van der Waals surface area contributed by atoms with Crippen LogP contribution in [0, 0.1) is 0 Å². The molecule has 16 heavy (non-hydrogen) atoms. The van der Waals surface area contributed by atoms with E-state index in [1.807, 2.05) is 6.92 Å². The lowest BCUT2D eigenvalue weighted by Crippen LogP contribution is -2.42. The molecule has 0 aliphatic carbocycles. The summed E-state index contributed by atoms with van der Waals surface area (Å²) in [7, 11) is 0.171. The summed E-state index contributed by atoms with van der Waals surface area (Å²) >= 11 is 8.65. The summed E-state index contributed by atoms with van der Waals surface area (Å²) in [5.41, 5.74) is 0. The average molecular weight is 284 g/mol. The third kappa shape index (κ3) is 6.14. The van der Waals surface area contributed by atoms with E-state index in [1.54, 1.807) is 6.55 Å². The van der Waals surface area contributed by atoms with E-state index in [1.165, 1.54) is 14.2 Å². The summed E-state index contributed by atoms with van der Waals surface area (Å²) in [5, 5.41) is 0. The summed E-state index contributed by atoms with van der Waals surface area (Å²) < 4.78 is 14.8. The minimum atomic E-state index is -2.77. The average Bonchev–Trinajstić information content (AvgIpc) is 2.26. The van der Waals surface area contributed by atoms with Gasteiger partial charge in [-0.3, -0.25) is 4.79 Å². The molecular formula is C9H20O4S2Si. The number of thiol groups is 2. The zero-order valence-corrected chi connectivity index (χ0v) is 12.9. The van der Waals surface area contributed by atoms with E-state index in [0.29, 0.717) is 6.42 Å². The molecule has 0 aromatic rings. The Balaban J connectivity index is 4.09. The van der Waals surface area contributed by atoms with Crippen LogP contribution in [0.5, 0.6) is 0 Å². The lowest BCUT2D eigenvalue weighted by Gasteiger charge is -2.23. The molecule has 0 aliphatic rings. The summed E-state index contributed by atoms with van der Waals surface area (Å²) in [6, 6.07) is 0. The first-order valence-electron chi connectivity index (χ1n) is 5.05. The van der Waals surface area contributed by atoms with Crippen LogP contribution in [-0.2, 0) is 18.1 Å². The first-order chi connectivity index (χ1) is 7.28. The van der Waals surface area contributed by atoms with Crippen molar-refractivity contribution in [1.29, 1.82) is 0 Å². The highest BCUT2D eigenvalue weighted by atomic mass is 32.2. The molecule has 0 aromatic heterocycles. The molecule has 0 heterocycles. The van der Waals surface area contributed by atoms with Crippen molar-refractivity contribution in [3.05, 3.63) is 0 Å². The predicted octanol–water partition coefficient (Wildman–Crippen LogP) is 2.14.